The number of fused-ring (bicyclic) bond motifs is 1. The molecule has 96 valence electrons. The summed E-state index contributed by atoms with van der Waals surface area (Å²) in [5.41, 5.74) is 0. The molecule has 0 N–H and O–H groups in total. The highest BCUT2D eigenvalue weighted by Crippen LogP contribution is 2.23. The third kappa shape index (κ3) is 3.42. The number of alkyl halides is 1. The van der Waals surface area contributed by atoms with E-state index in [0.717, 1.165) is 32.5 Å². The molecular weight excluding hydrogens is 203 g/mol. The van der Waals surface area contributed by atoms with Crippen molar-refractivity contribution in [2.24, 2.45) is 0 Å². The fraction of sp³-hybridized carbons (Fsp3) is 1.00. The van der Waals surface area contributed by atoms with Crippen LogP contribution in [0.2, 0.25) is 0 Å². The minimum atomic E-state index is -0.572. The van der Waals surface area contributed by atoms with Crippen molar-refractivity contribution in [3.8, 4) is 0 Å². The van der Waals surface area contributed by atoms with Crippen molar-refractivity contribution in [1.29, 1.82) is 0 Å². The van der Waals surface area contributed by atoms with Crippen LogP contribution in [0.1, 0.15) is 40.5 Å². The topological polar surface area (TPSA) is 6.48 Å². The molecule has 0 aliphatic carbocycles. The van der Waals surface area contributed by atoms with Crippen LogP contribution >= 0.6 is 0 Å². The van der Waals surface area contributed by atoms with Gasteiger partial charge in [0.1, 0.15) is 6.17 Å². The zero-order chi connectivity index (χ0) is 12.1. The minimum Gasteiger partial charge on any atom is -0.298 e. The minimum absolute atomic E-state index is 0.572. The zero-order valence-electron chi connectivity index (χ0n) is 11.2. The molecule has 0 aromatic carbocycles. The van der Waals surface area contributed by atoms with Crippen LogP contribution in [-0.4, -0.2) is 54.2 Å². The molecule has 2 aliphatic rings. The molecule has 2 nitrogen and oxygen atoms in total. The highest BCUT2D eigenvalue weighted by atomic mass is 19.1. The molecule has 2 atom stereocenters. The normalized spacial score (nSPS) is 31.9. The fourth-order valence-corrected chi connectivity index (χ4v) is 2.62. The largest absolute Gasteiger partial charge is 0.298 e. The van der Waals surface area contributed by atoms with E-state index in [2.05, 4.69) is 23.6 Å². The van der Waals surface area contributed by atoms with Crippen molar-refractivity contribution in [3.63, 3.8) is 0 Å². The van der Waals surface area contributed by atoms with Gasteiger partial charge >= 0.3 is 0 Å². The predicted octanol–water partition coefficient (Wildman–Crippen LogP) is 2.54. The second kappa shape index (κ2) is 6.55. The summed E-state index contributed by atoms with van der Waals surface area (Å²) in [6.45, 7) is 12.5. The maximum atomic E-state index is 13.2. The SMILES string of the molecule is CC.CC(C)N1CCN2CC(F)CCC2C1. The second-order valence-corrected chi connectivity index (χ2v) is 4.91. The molecular formula is C13H27FN2. The Bertz CT molecular complexity index is 196. The lowest BCUT2D eigenvalue weighted by Crippen LogP contribution is -2.58. The molecule has 3 heteroatoms. The third-order valence-corrected chi connectivity index (χ3v) is 3.61. The first-order valence-electron chi connectivity index (χ1n) is 6.79. The van der Waals surface area contributed by atoms with Gasteiger partial charge in [-0.3, -0.25) is 9.80 Å². The Balaban J connectivity index is 0.000000606. The third-order valence-electron chi connectivity index (χ3n) is 3.61. The van der Waals surface area contributed by atoms with Crippen molar-refractivity contribution in [2.75, 3.05) is 26.2 Å². The van der Waals surface area contributed by atoms with E-state index in [1.54, 1.807) is 0 Å². The number of hydrogen-bond donors (Lipinski definition) is 0. The van der Waals surface area contributed by atoms with Gasteiger partial charge < -0.3 is 0 Å². The van der Waals surface area contributed by atoms with Gasteiger partial charge in [0.2, 0.25) is 0 Å². The van der Waals surface area contributed by atoms with Crippen molar-refractivity contribution in [3.05, 3.63) is 0 Å². The second-order valence-electron chi connectivity index (χ2n) is 4.91. The summed E-state index contributed by atoms with van der Waals surface area (Å²) < 4.78 is 13.2. The quantitative estimate of drug-likeness (QED) is 0.683. The van der Waals surface area contributed by atoms with Crippen molar-refractivity contribution >= 4 is 0 Å². The van der Waals surface area contributed by atoms with Crippen molar-refractivity contribution < 1.29 is 4.39 Å². The first-order valence-corrected chi connectivity index (χ1v) is 6.79. The molecule has 2 unspecified atom stereocenters. The molecule has 2 fully saturated rings. The van der Waals surface area contributed by atoms with E-state index in [1.165, 1.54) is 0 Å². The smallest absolute Gasteiger partial charge is 0.113 e. The van der Waals surface area contributed by atoms with Crippen LogP contribution in [0.3, 0.4) is 0 Å². The fourth-order valence-electron chi connectivity index (χ4n) is 2.62. The first-order chi connectivity index (χ1) is 7.66. The summed E-state index contributed by atoms with van der Waals surface area (Å²) >= 11 is 0. The zero-order valence-corrected chi connectivity index (χ0v) is 11.2. The summed E-state index contributed by atoms with van der Waals surface area (Å²) in [5, 5.41) is 0. The standard InChI is InChI=1S/C11H21FN2.C2H6/c1-9(2)13-5-6-14-7-10(12)3-4-11(14)8-13;1-2/h9-11H,3-8H2,1-2H3;1-2H3. The maximum absolute atomic E-state index is 13.2. The average Bonchev–Trinajstić information content (AvgIpc) is 2.30. The van der Waals surface area contributed by atoms with Crippen LogP contribution in [0, 0.1) is 0 Å². The van der Waals surface area contributed by atoms with Crippen LogP contribution in [0.4, 0.5) is 4.39 Å². The molecule has 0 radical (unpaired) electrons. The van der Waals surface area contributed by atoms with Crippen LogP contribution in [0.25, 0.3) is 0 Å². The molecule has 0 spiro atoms. The Morgan fingerprint density at radius 3 is 2.38 bits per heavy atom. The van der Waals surface area contributed by atoms with Gasteiger partial charge in [0.25, 0.3) is 0 Å². The average molecular weight is 230 g/mol. The highest BCUT2D eigenvalue weighted by Gasteiger charge is 2.33. The molecule has 2 aliphatic heterocycles. The summed E-state index contributed by atoms with van der Waals surface area (Å²) in [7, 11) is 0. The molecule has 2 saturated heterocycles. The summed E-state index contributed by atoms with van der Waals surface area (Å²) in [6, 6.07) is 1.26. The summed E-state index contributed by atoms with van der Waals surface area (Å²) in [5.74, 6) is 0. The molecule has 0 aromatic rings. The lowest BCUT2D eigenvalue weighted by molar-refractivity contribution is 0.00799. The van der Waals surface area contributed by atoms with Crippen molar-refractivity contribution in [1.82, 2.24) is 9.80 Å². The maximum Gasteiger partial charge on any atom is 0.113 e. The van der Waals surface area contributed by atoms with Gasteiger partial charge in [0.05, 0.1) is 0 Å². The molecule has 0 bridgehead atoms. The Morgan fingerprint density at radius 2 is 1.75 bits per heavy atom. The van der Waals surface area contributed by atoms with Gasteiger partial charge in [-0.15, -0.1) is 0 Å². The van der Waals surface area contributed by atoms with Gasteiger partial charge in [-0.25, -0.2) is 4.39 Å². The van der Waals surface area contributed by atoms with Gasteiger partial charge in [-0.1, -0.05) is 13.8 Å². The number of piperidine rings is 1. The number of nitrogens with zero attached hydrogens (tertiary/aromatic N) is 2. The summed E-state index contributed by atoms with van der Waals surface area (Å²) in [4.78, 5) is 4.85. The van der Waals surface area contributed by atoms with E-state index < -0.39 is 6.17 Å². The van der Waals surface area contributed by atoms with Gasteiger partial charge in [-0.05, 0) is 26.7 Å². The van der Waals surface area contributed by atoms with Crippen LogP contribution in [0.15, 0.2) is 0 Å². The van der Waals surface area contributed by atoms with Crippen LogP contribution in [-0.2, 0) is 0 Å². The van der Waals surface area contributed by atoms with Gasteiger partial charge in [0.15, 0.2) is 0 Å². The van der Waals surface area contributed by atoms with E-state index in [-0.39, 0.29) is 0 Å². The van der Waals surface area contributed by atoms with E-state index in [9.17, 15) is 4.39 Å². The van der Waals surface area contributed by atoms with Crippen LogP contribution in [0.5, 0.6) is 0 Å². The lowest BCUT2D eigenvalue weighted by atomic mass is 9.98. The molecule has 0 amide bonds. The molecule has 16 heavy (non-hydrogen) atoms. The molecule has 0 aromatic heterocycles. The van der Waals surface area contributed by atoms with Crippen LogP contribution < -0.4 is 0 Å². The number of piperazine rings is 1. The molecule has 0 saturated carbocycles. The Hall–Kier alpha value is -0.150. The van der Waals surface area contributed by atoms with E-state index >= 15 is 0 Å². The van der Waals surface area contributed by atoms with E-state index in [0.29, 0.717) is 18.6 Å². The molecule has 2 heterocycles. The van der Waals surface area contributed by atoms with Gasteiger partial charge in [-0.2, -0.15) is 0 Å². The van der Waals surface area contributed by atoms with Crippen molar-refractivity contribution in [2.45, 2.75) is 58.8 Å². The predicted molar refractivity (Wildman–Crippen MR) is 67.5 cm³/mol. The number of rotatable bonds is 1. The summed E-state index contributed by atoms with van der Waals surface area (Å²) in [6.07, 6.45) is 1.24. The van der Waals surface area contributed by atoms with E-state index in [4.69, 9.17) is 0 Å². The Labute approximate surface area is 99.8 Å². The van der Waals surface area contributed by atoms with E-state index in [1.807, 2.05) is 13.8 Å². The number of halogens is 1. The Kier molecular flexibility index (Phi) is 5.70. The lowest BCUT2D eigenvalue weighted by Gasteiger charge is -2.46. The number of hydrogen-bond acceptors (Lipinski definition) is 2. The molecule has 2 rings (SSSR count). The highest BCUT2D eigenvalue weighted by molar-refractivity contribution is 4.88. The monoisotopic (exact) mass is 230 g/mol. The van der Waals surface area contributed by atoms with Gasteiger partial charge in [0, 0.05) is 38.3 Å². The first kappa shape index (κ1) is 13.9. The Morgan fingerprint density at radius 1 is 1.06 bits per heavy atom.